The molecule has 0 radical (unpaired) electrons. The maximum Gasteiger partial charge on any atom is 0.251 e. The Morgan fingerprint density at radius 3 is 2.00 bits per heavy atom. The van der Waals surface area contributed by atoms with Crippen molar-refractivity contribution >= 4 is 5.91 Å². The van der Waals surface area contributed by atoms with Gasteiger partial charge in [0.1, 0.15) is 5.75 Å². The Balaban J connectivity index is 1.52. The number of hydrogen-bond acceptors (Lipinski definition) is 5. The van der Waals surface area contributed by atoms with Crippen LogP contribution in [0.3, 0.4) is 0 Å². The number of benzene rings is 3. The molecule has 6 heteroatoms. The molecule has 4 rings (SSSR count). The number of hydrogen-bond donors (Lipinski definition) is 1. The summed E-state index contributed by atoms with van der Waals surface area (Å²) in [5, 5.41) is 21.3. The van der Waals surface area contributed by atoms with Crippen molar-refractivity contribution in [2.24, 2.45) is 0 Å². The molecule has 1 N–H and O–H groups in total. The van der Waals surface area contributed by atoms with Gasteiger partial charge in [-0.2, -0.15) is 10.5 Å². The first-order valence-corrected chi connectivity index (χ1v) is 11.8. The highest BCUT2D eigenvalue weighted by atomic mass is 16.5. The van der Waals surface area contributed by atoms with Crippen LogP contribution >= 0.6 is 0 Å². The van der Waals surface area contributed by atoms with E-state index >= 15 is 0 Å². The van der Waals surface area contributed by atoms with Gasteiger partial charge in [0.15, 0.2) is 0 Å². The molecule has 1 fully saturated rings. The van der Waals surface area contributed by atoms with Gasteiger partial charge in [0.2, 0.25) is 0 Å². The zero-order valence-electron chi connectivity index (χ0n) is 19.9. The largest absolute Gasteiger partial charge is 0.491 e. The molecule has 1 aliphatic heterocycles. The second kappa shape index (κ2) is 10.9. The van der Waals surface area contributed by atoms with Crippen molar-refractivity contribution in [1.82, 2.24) is 10.2 Å². The molecule has 0 bridgehead atoms. The van der Waals surface area contributed by atoms with Crippen LogP contribution in [0.15, 0.2) is 72.8 Å². The van der Waals surface area contributed by atoms with Gasteiger partial charge in [0.05, 0.1) is 35.4 Å². The zero-order chi connectivity index (χ0) is 24.8. The average molecular weight is 465 g/mol. The van der Waals surface area contributed by atoms with Crippen molar-refractivity contribution in [3.8, 4) is 17.9 Å². The van der Waals surface area contributed by atoms with Gasteiger partial charge >= 0.3 is 0 Å². The lowest BCUT2D eigenvalue weighted by atomic mass is 9.96. The minimum atomic E-state index is -0.133. The summed E-state index contributed by atoms with van der Waals surface area (Å²) in [7, 11) is 0. The first-order chi connectivity index (χ1) is 17.0. The Bertz CT molecular complexity index is 1240. The molecule has 0 aliphatic carbocycles. The van der Waals surface area contributed by atoms with Crippen molar-refractivity contribution in [3.05, 3.63) is 101 Å². The lowest BCUT2D eigenvalue weighted by Gasteiger charge is -2.29. The molecule has 176 valence electrons. The van der Waals surface area contributed by atoms with Crippen LogP contribution in [-0.4, -0.2) is 36.0 Å². The van der Waals surface area contributed by atoms with Crippen molar-refractivity contribution in [2.75, 3.05) is 13.1 Å². The summed E-state index contributed by atoms with van der Waals surface area (Å²) < 4.78 is 5.81. The molecule has 1 amide bonds. The molecule has 35 heavy (non-hydrogen) atoms. The predicted molar refractivity (Wildman–Crippen MR) is 134 cm³/mol. The number of rotatable bonds is 7. The molecular formula is C29H28N4O2. The molecule has 3 aromatic rings. The molecule has 0 spiro atoms. The monoisotopic (exact) mass is 464 g/mol. The Kier molecular flexibility index (Phi) is 7.45. The summed E-state index contributed by atoms with van der Waals surface area (Å²) in [6, 6.07) is 26.8. The fraction of sp³-hybridized carbons (Fsp3) is 0.276. The van der Waals surface area contributed by atoms with Gasteiger partial charge < -0.3 is 10.1 Å². The van der Waals surface area contributed by atoms with Crippen LogP contribution in [0.2, 0.25) is 0 Å². The van der Waals surface area contributed by atoms with E-state index < -0.39 is 0 Å². The summed E-state index contributed by atoms with van der Waals surface area (Å²) in [6.45, 7) is 5.54. The third kappa shape index (κ3) is 5.87. The van der Waals surface area contributed by atoms with Gasteiger partial charge in [0, 0.05) is 24.7 Å². The first kappa shape index (κ1) is 24.0. The zero-order valence-corrected chi connectivity index (χ0v) is 19.9. The van der Waals surface area contributed by atoms with Crippen LogP contribution in [0.1, 0.15) is 58.9 Å². The van der Waals surface area contributed by atoms with E-state index in [1.54, 1.807) is 24.3 Å². The van der Waals surface area contributed by atoms with E-state index in [4.69, 9.17) is 10.00 Å². The van der Waals surface area contributed by atoms with E-state index in [0.717, 1.165) is 29.8 Å². The minimum Gasteiger partial charge on any atom is -0.491 e. The summed E-state index contributed by atoms with van der Waals surface area (Å²) in [6.07, 6.45) is 0.942. The number of nitrogens with zero attached hydrogens (tertiary/aromatic N) is 3. The average Bonchev–Trinajstić information content (AvgIpc) is 3.33. The smallest absolute Gasteiger partial charge is 0.251 e. The van der Waals surface area contributed by atoms with Crippen LogP contribution in [0.25, 0.3) is 0 Å². The Morgan fingerprint density at radius 2 is 1.46 bits per heavy atom. The highest BCUT2D eigenvalue weighted by Crippen LogP contribution is 2.33. The SMILES string of the molecule is CC(C)Oc1ccc(C(c2ccc(C#N)cc2)N2CC[C@@H](NC(=O)c3ccc(C#N)cc3)C2)cc1. The van der Waals surface area contributed by atoms with E-state index in [0.29, 0.717) is 23.2 Å². The summed E-state index contributed by atoms with van der Waals surface area (Å²) >= 11 is 0. The van der Waals surface area contributed by atoms with Crippen LogP contribution < -0.4 is 10.1 Å². The van der Waals surface area contributed by atoms with Crippen molar-refractivity contribution in [1.29, 1.82) is 10.5 Å². The Hall–Kier alpha value is -4.13. The fourth-order valence-corrected chi connectivity index (χ4v) is 4.46. The number of nitriles is 2. The highest BCUT2D eigenvalue weighted by molar-refractivity contribution is 5.94. The molecule has 2 atom stereocenters. The van der Waals surface area contributed by atoms with Gasteiger partial charge in [-0.05, 0) is 79.9 Å². The third-order valence-electron chi connectivity index (χ3n) is 6.12. The van der Waals surface area contributed by atoms with E-state index in [9.17, 15) is 10.1 Å². The Morgan fingerprint density at radius 1 is 0.914 bits per heavy atom. The van der Waals surface area contributed by atoms with Crippen LogP contribution in [0, 0.1) is 22.7 Å². The lowest BCUT2D eigenvalue weighted by molar-refractivity contribution is 0.0937. The Labute approximate surface area is 206 Å². The summed E-state index contributed by atoms with van der Waals surface area (Å²) in [4.78, 5) is 15.1. The van der Waals surface area contributed by atoms with Crippen molar-refractivity contribution in [2.45, 2.75) is 38.5 Å². The standard InChI is InChI=1S/C29H28N4O2/c1-20(2)35-27-13-11-24(12-14-27)28(23-7-3-21(17-30)4-8-23)33-16-15-26(19-33)32-29(34)25-9-5-22(18-31)6-10-25/h3-14,20,26,28H,15-16,19H2,1-2H3,(H,32,34)/t26-,28?/m1/s1. The summed E-state index contributed by atoms with van der Waals surface area (Å²) in [5.41, 5.74) is 3.93. The van der Waals surface area contributed by atoms with Crippen molar-refractivity contribution < 1.29 is 9.53 Å². The van der Waals surface area contributed by atoms with Gasteiger partial charge in [-0.3, -0.25) is 9.69 Å². The molecule has 1 unspecified atom stereocenters. The molecule has 1 heterocycles. The van der Waals surface area contributed by atoms with Gasteiger partial charge in [-0.1, -0.05) is 24.3 Å². The van der Waals surface area contributed by atoms with Crippen molar-refractivity contribution in [3.63, 3.8) is 0 Å². The number of likely N-dealkylation sites (tertiary alicyclic amines) is 1. The molecular weight excluding hydrogens is 436 g/mol. The lowest BCUT2D eigenvalue weighted by Crippen LogP contribution is -2.38. The first-order valence-electron chi connectivity index (χ1n) is 11.8. The van der Waals surface area contributed by atoms with Gasteiger partial charge in [-0.25, -0.2) is 0 Å². The molecule has 1 aliphatic rings. The number of carbonyl (C=O) groups is 1. The summed E-state index contributed by atoms with van der Waals surface area (Å²) in [5.74, 6) is 0.697. The van der Waals surface area contributed by atoms with Crippen LogP contribution in [-0.2, 0) is 0 Å². The quantitative estimate of drug-likeness (QED) is 0.542. The second-order valence-corrected chi connectivity index (χ2v) is 9.02. The number of ether oxygens (including phenoxy) is 1. The van der Waals surface area contributed by atoms with E-state index in [1.807, 2.05) is 50.2 Å². The normalized spacial score (nSPS) is 16.3. The molecule has 1 saturated heterocycles. The molecule has 3 aromatic carbocycles. The van der Waals surface area contributed by atoms with Crippen LogP contribution in [0.4, 0.5) is 0 Å². The predicted octanol–water partition coefficient (Wildman–Crippen LogP) is 4.81. The molecule has 0 saturated carbocycles. The minimum absolute atomic E-state index is 0.00680. The molecule has 6 nitrogen and oxygen atoms in total. The second-order valence-electron chi connectivity index (χ2n) is 9.02. The topological polar surface area (TPSA) is 89.2 Å². The number of carbonyl (C=O) groups excluding carboxylic acids is 1. The van der Waals surface area contributed by atoms with Gasteiger partial charge in [0.25, 0.3) is 5.91 Å². The maximum absolute atomic E-state index is 12.8. The van der Waals surface area contributed by atoms with E-state index in [-0.39, 0.29) is 24.1 Å². The fourth-order valence-electron chi connectivity index (χ4n) is 4.46. The highest BCUT2D eigenvalue weighted by Gasteiger charge is 2.31. The number of amides is 1. The maximum atomic E-state index is 12.8. The molecule has 0 aromatic heterocycles. The van der Waals surface area contributed by atoms with Gasteiger partial charge in [-0.15, -0.1) is 0 Å². The van der Waals surface area contributed by atoms with E-state index in [2.05, 4.69) is 34.5 Å². The van der Waals surface area contributed by atoms with E-state index in [1.165, 1.54) is 0 Å². The third-order valence-corrected chi connectivity index (χ3v) is 6.12. The number of nitrogens with one attached hydrogen (secondary N) is 1. The van der Waals surface area contributed by atoms with Crippen LogP contribution in [0.5, 0.6) is 5.75 Å².